The van der Waals surface area contributed by atoms with Crippen molar-refractivity contribution in [3.63, 3.8) is 0 Å². The molecule has 0 aliphatic heterocycles. The van der Waals surface area contributed by atoms with E-state index in [2.05, 4.69) is 9.97 Å². The fraction of sp³-hybridized carbons (Fsp3) is 0.600. The van der Waals surface area contributed by atoms with Crippen molar-refractivity contribution in [3.05, 3.63) is 18.1 Å². The van der Waals surface area contributed by atoms with Gasteiger partial charge in [0.25, 0.3) is 0 Å². The smallest absolute Gasteiger partial charge is 0.232 e. The average molecular weight is 178 g/mol. The van der Waals surface area contributed by atoms with Gasteiger partial charge in [0, 0.05) is 6.20 Å². The van der Waals surface area contributed by atoms with Gasteiger partial charge in [0.1, 0.15) is 0 Å². The summed E-state index contributed by atoms with van der Waals surface area (Å²) in [5.74, 6) is 1.41. The van der Waals surface area contributed by atoms with Gasteiger partial charge in [-0.2, -0.15) is 0 Å². The van der Waals surface area contributed by atoms with Crippen LogP contribution in [0.2, 0.25) is 0 Å². The second kappa shape index (κ2) is 3.73. The van der Waals surface area contributed by atoms with Crippen LogP contribution in [-0.4, -0.2) is 16.6 Å². The van der Waals surface area contributed by atoms with E-state index in [0.29, 0.717) is 5.88 Å². The van der Waals surface area contributed by atoms with E-state index in [1.54, 1.807) is 12.4 Å². The maximum atomic E-state index is 5.52. The van der Waals surface area contributed by atoms with Crippen molar-refractivity contribution < 1.29 is 4.74 Å². The van der Waals surface area contributed by atoms with Gasteiger partial charge in [-0.1, -0.05) is 6.42 Å². The predicted molar refractivity (Wildman–Crippen MR) is 49.6 cm³/mol. The summed E-state index contributed by atoms with van der Waals surface area (Å²) >= 11 is 0. The molecule has 1 aliphatic carbocycles. The van der Waals surface area contributed by atoms with Crippen molar-refractivity contribution in [3.8, 4) is 5.88 Å². The van der Waals surface area contributed by atoms with E-state index < -0.39 is 0 Å². The Morgan fingerprint density at radius 2 is 2.31 bits per heavy atom. The normalized spacial score (nSPS) is 16.7. The Hall–Kier alpha value is -1.12. The van der Waals surface area contributed by atoms with Crippen LogP contribution in [0.1, 0.15) is 25.0 Å². The Morgan fingerprint density at radius 3 is 2.92 bits per heavy atom. The largest absolute Gasteiger partial charge is 0.476 e. The Bertz CT molecular complexity index is 284. The molecule has 3 nitrogen and oxygen atoms in total. The number of rotatable bonds is 3. The van der Waals surface area contributed by atoms with Crippen LogP contribution in [0.4, 0.5) is 0 Å². The van der Waals surface area contributed by atoms with Gasteiger partial charge in [0.2, 0.25) is 5.88 Å². The summed E-state index contributed by atoms with van der Waals surface area (Å²) in [5, 5.41) is 0. The van der Waals surface area contributed by atoms with Crippen LogP contribution in [0.15, 0.2) is 12.4 Å². The second-order valence-corrected chi connectivity index (χ2v) is 3.61. The summed E-state index contributed by atoms with van der Waals surface area (Å²) in [7, 11) is 0. The monoisotopic (exact) mass is 178 g/mol. The third-order valence-electron chi connectivity index (χ3n) is 2.42. The van der Waals surface area contributed by atoms with E-state index in [1.165, 1.54) is 19.3 Å². The quantitative estimate of drug-likeness (QED) is 0.709. The number of hydrogen-bond donors (Lipinski definition) is 0. The first-order valence-electron chi connectivity index (χ1n) is 4.76. The summed E-state index contributed by atoms with van der Waals surface area (Å²) in [6, 6.07) is 0. The maximum absolute atomic E-state index is 5.52. The summed E-state index contributed by atoms with van der Waals surface area (Å²) < 4.78 is 5.52. The van der Waals surface area contributed by atoms with Crippen molar-refractivity contribution in [1.82, 2.24) is 9.97 Å². The van der Waals surface area contributed by atoms with Gasteiger partial charge < -0.3 is 4.74 Å². The van der Waals surface area contributed by atoms with E-state index in [0.717, 1.165) is 18.2 Å². The number of ether oxygens (including phenoxy) is 1. The van der Waals surface area contributed by atoms with Crippen molar-refractivity contribution >= 4 is 0 Å². The van der Waals surface area contributed by atoms with Crippen LogP contribution in [0.5, 0.6) is 5.88 Å². The molecule has 0 saturated heterocycles. The lowest BCUT2D eigenvalue weighted by atomic mass is 9.86. The zero-order chi connectivity index (χ0) is 9.10. The summed E-state index contributed by atoms with van der Waals surface area (Å²) in [6.07, 6.45) is 7.37. The Balaban J connectivity index is 1.86. The van der Waals surface area contributed by atoms with Gasteiger partial charge >= 0.3 is 0 Å². The van der Waals surface area contributed by atoms with Gasteiger partial charge in [-0.05, 0) is 25.7 Å². The molecule has 1 heterocycles. The predicted octanol–water partition coefficient (Wildman–Crippen LogP) is 1.96. The number of aryl methyl sites for hydroxylation is 1. The lowest BCUT2D eigenvalue weighted by Crippen LogP contribution is -2.19. The highest BCUT2D eigenvalue weighted by Gasteiger charge is 2.17. The molecule has 0 N–H and O–H groups in total. The van der Waals surface area contributed by atoms with Crippen LogP contribution in [0.25, 0.3) is 0 Å². The van der Waals surface area contributed by atoms with E-state index in [9.17, 15) is 0 Å². The van der Waals surface area contributed by atoms with Crippen LogP contribution >= 0.6 is 0 Å². The first-order valence-corrected chi connectivity index (χ1v) is 4.76. The molecule has 1 aromatic rings. The van der Waals surface area contributed by atoms with Crippen LogP contribution < -0.4 is 4.74 Å². The number of nitrogens with zero attached hydrogens (tertiary/aromatic N) is 2. The van der Waals surface area contributed by atoms with Gasteiger partial charge in [0.15, 0.2) is 0 Å². The first-order chi connectivity index (χ1) is 6.34. The van der Waals surface area contributed by atoms with Crippen molar-refractivity contribution in [1.29, 1.82) is 0 Å². The van der Waals surface area contributed by atoms with Crippen molar-refractivity contribution in [2.45, 2.75) is 26.2 Å². The molecule has 1 aromatic heterocycles. The molecule has 1 fully saturated rings. The molecule has 0 spiro atoms. The van der Waals surface area contributed by atoms with Crippen molar-refractivity contribution in [2.24, 2.45) is 5.92 Å². The summed E-state index contributed by atoms with van der Waals surface area (Å²) in [4.78, 5) is 8.24. The molecule has 13 heavy (non-hydrogen) atoms. The molecule has 0 amide bonds. The minimum atomic E-state index is 0.659. The molecule has 0 atom stereocenters. The number of hydrogen-bond acceptors (Lipinski definition) is 3. The standard InChI is InChI=1S/C10H14N2O/c1-8-5-11-6-10(12-8)13-7-9-3-2-4-9/h5-6,9H,2-4,7H2,1H3. The molecule has 3 heteroatoms. The average Bonchev–Trinajstić information content (AvgIpc) is 2.01. The molecule has 1 aliphatic rings. The summed E-state index contributed by atoms with van der Waals surface area (Å²) in [5.41, 5.74) is 0.908. The lowest BCUT2D eigenvalue weighted by molar-refractivity contribution is 0.175. The fourth-order valence-electron chi connectivity index (χ4n) is 1.37. The van der Waals surface area contributed by atoms with Gasteiger partial charge in [-0.15, -0.1) is 0 Å². The highest BCUT2D eigenvalue weighted by atomic mass is 16.5. The minimum Gasteiger partial charge on any atom is -0.476 e. The van der Waals surface area contributed by atoms with Crippen LogP contribution in [-0.2, 0) is 0 Å². The molecule has 0 aromatic carbocycles. The Kier molecular flexibility index (Phi) is 2.43. The highest BCUT2D eigenvalue weighted by molar-refractivity contribution is 5.06. The maximum Gasteiger partial charge on any atom is 0.232 e. The molecule has 1 saturated carbocycles. The zero-order valence-corrected chi connectivity index (χ0v) is 7.86. The van der Waals surface area contributed by atoms with Gasteiger partial charge in [0.05, 0.1) is 18.5 Å². The molecular weight excluding hydrogens is 164 g/mol. The third kappa shape index (κ3) is 2.17. The lowest BCUT2D eigenvalue weighted by Gasteiger charge is -2.24. The summed E-state index contributed by atoms with van der Waals surface area (Å²) in [6.45, 7) is 2.72. The van der Waals surface area contributed by atoms with Crippen LogP contribution in [0, 0.1) is 12.8 Å². The van der Waals surface area contributed by atoms with E-state index >= 15 is 0 Å². The molecule has 70 valence electrons. The van der Waals surface area contributed by atoms with Gasteiger partial charge in [-0.25, -0.2) is 4.98 Å². The Labute approximate surface area is 78.2 Å². The minimum absolute atomic E-state index is 0.659. The number of aromatic nitrogens is 2. The topological polar surface area (TPSA) is 35.0 Å². The Morgan fingerprint density at radius 1 is 1.46 bits per heavy atom. The SMILES string of the molecule is Cc1cncc(OCC2CCC2)n1. The molecule has 2 rings (SSSR count). The van der Waals surface area contributed by atoms with Crippen molar-refractivity contribution in [2.75, 3.05) is 6.61 Å². The second-order valence-electron chi connectivity index (χ2n) is 3.61. The molecule has 0 bridgehead atoms. The third-order valence-corrected chi connectivity index (χ3v) is 2.42. The molecular formula is C10H14N2O. The van der Waals surface area contributed by atoms with E-state index in [4.69, 9.17) is 4.74 Å². The highest BCUT2D eigenvalue weighted by Crippen LogP contribution is 2.26. The van der Waals surface area contributed by atoms with Crippen LogP contribution in [0.3, 0.4) is 0 Å². The fourth-order valence-corrected chi connectivity index (χ4v) is 1.37. The van der Waals surface area contributed by atoms with Gasteiger partial charge in [-0.3, -0.25) is 4.98 Å². The first kappa shape index (κ1) is 8.48. The zero-order valence-electron chi connectivity index (χ0n) is 7.86. The molecule has 0 radical (unpaired) electrons. The molecule has 0 unspecified atom stereocenters. The van der Waals surface area contributed by atoms with E-state index in [1.807, 2.05) is 6.92 Å². The van der Waals surface area contributed by atoms with E-state index in [-0.39, 0.29) is 0 Å².